The van der Waals surface area contributed by atoms with Gasteiger partial charge < -0.3 is 20.3 Å². The third kappa shape index (κ3) is 7.56. The van der Waals surface area contributed by atoms with Crippen LogP contribution in [0.3, 0.4) is 0 Å². The second-order valence-corrected chi connectivity index (χ2v) is 10.4. The lowest BCUT2D eigenvalue weighted by Gasteiger charge is -2.27. The van der Waals surface area contributed by atoms with Crippen LogP contribution in [0.5, 0.6) is 5.75 Å². The number of carbonyl (C=O) groups excluding carboxylic acids is 3. The molecule has 0 atom stereocenters. The molecule has 13 heteroatoms. The molecule has 1 heterocycles. The van der Waals surface area contributed by atoms with Crippen LogP contribution in [0.25, 0.3) is 0 Å². The maximum absolute atomic E-state index is 13.7. The van der Waals surface area contributed by atoms with Gasteiger partial charge in [-0.1, -0.05) is 17.7 Å². The van der Waals surface area contributed by atoms with E-state index in [2.05, 4.69) is 10.6 Å². The monoisotopic (exact) mass is 540 g/mol. The first-order chi connectivity index (χ1) is 17.0. The molecule has 0 fully saturated rings. The first-order valence-electron chi connectivity index (χ1n) is 11.0. The highest BCUT2D eigenvalue weighted by Crippen LogP contribution is 2.23. The van der Waals surface area contributed by atoms with Crippen LogP contribution in [0.1, 0.15) is 16.8 Å². The Kier molecular flexibility index (Phi) is 9.10. The van der Waals surface area contributed by atoms with E-state index in [4.69, 9.17) is 16.3 Å². The minimum atomic E-state index is -3.94. The van der Waals surface area contributed by atoms with Crippen molar-refractivity contribution >= 4 is 45.0 Å². The summed E-state index contributed by atoms with van der Waals surface area (Å²) in [6, 6.07) is 9.48. The molecular formula is C23H26ClFN4O6S. The number of nitrogens with zero attached hydrogens (tertiary/aromatic N) is 2. The van der Waals surface area contributed by atoms with E-state index in [-0.39, 0.29) is 50.5 Å². The number of ether oxygens (including phenoxy) is 1. The topological polar surface area (TPSA) is 125 Å². The SMILES string of the molecule is CS(=O)(=O)N(CC(=O)N1CCCNC(=O)c2cc(Cl)ccc2OCCNC(=O)C1)c1cccc(F)c1. The van der Waals surface area contributed by atoms with Gasteiger partial charge in [0.05, 0.1) is 30.6 Å². The van der Waals surface area contributed by atoms with Crippen molar-refractivity contribution in [3.05, 3.63) is 58.9 Å². The number of hydrogen-bond donors (Lipinski definition) is 2. The summed E-state index contributed by atoms with van der Waals surface area (Å²) in [6.07, 6.45) is 1.18. The lowest BCUT2D eigenvalue weighted by atomic mass is 10.2. The zero-order valence-corrected chi connectivity index (χ0v) is 21.1. The molecule has 0 spiro atoms. The van der Waals surface area contributed by atoms with Gasteiger partial charge >= 0.3 is 0 Å². The van der Waals surface area contributed by atoms with Gasteiger partial charge in [0.15, 0.2) is 0 Å². The average Bonchev–Trinajstić information content (AvgIpc) is 2.81. The number of carbonyl (C=O) groups is 3. The van der Waals surface area contributed by atoms with E-state index in [0.29, 0.717) is 10.8 Å². The Morgan fingerprint density at radius 1 is 1.17 bits per heavy atom. The van der Waals surface area contributed by atoms with Crippen LogP contribution in [0.15, 0.2) is 42.5 Å². The smallest absolute Gasteiger partial charge is 0.255 e. The van der Waals surface area contributed by atoms with Crippen LogP contribution < -0.4 is 19.7 Å². The quantitative estimate of drug-likeness (QED) is 0.604. The molecule has 2 aromatic carbocycles. The van der Waals surface area contributed by atoms with Gasteiger partial charge in [-0.15, -0.1) is 0 Å². The highest BCUT2D eigenvalue weighted by Gasteiger charge is 2.26. The molecule has 1 aliphatic rings. The van der Waals surface area contributed by atoms with Gasteiger partial charge in [0.2, 0.25) is 21.8 Å². The molecule has 0 bridgehead atoms. The fourth-order valence-electron chi connectivity index (χ4n) is 3.50. The molecule has 0 saturated heterocycles. The van der Waals surface area contributed by atoms with Crippen molar-refractivity contribution in [1.82, 2.24) is 15.5 Å². The summed E-state index contributed by atoms with van der Waals surface area (Å²) in [4.78, 5) is 39.4. The molecule has 0 saturated carbocycles. The van der Waals surface area contributed by atoms with Crippen molar-refractivity contribution in [1.29, 1.82) is 0 Å². The highest BCUT2D eigenvalue weighted by molar-refractivity contribution is 7.92. The number of sulfonamides is 1. The molecule has 10 nitrogen and oxygen atoms in total. The normalized spacial score (nSPS) is 15.6. The summed E-state index contributed by atoms with van der Waals surface area (Å²) in [5.41, 5.74) is 0.219. The Morgan fingerprint density at radius 3 is 2.67 bits per heavy atom. The fourth-order valence-corrected chi connectivity index (χ4v) is 4.51. The number of fused-ring (bicyclic) bond motifs is 1. The Morgan fingerprint density at radius 2 is 1.94 bits per heavy atom. The van der Waals surface area contributed by atoms with E-state index in [1.54, 1.807) is 12.1 Å². The van der Waals surface area contributed by atoms with E-state index in [1.807, 2.05) is 0 Å². The van der Waals surface area contributed by atoms with E-state index in [1.165, 1.54) is 23.1 Å². The molecule has 0 aromatic heterocycles. The molecule has 2 aromatic rings. The predicted molar refractivity (Wildman–Crippen MR) is 132 cm³/mol. The summed E-state index contributed by atoms with van der Waals surface area (Å²) >= 11 is 6.01. The lowest BCUT2D eigenvalue weighted by Crippen LogP contribution is -2.47. The van der Waals surface area contributed by atoms with Crippen LogP contribution in [0, 0.1) is 5.82 Å². The third-order valence-corrected chi connectivity index (χ3v) is 6.60. The van der Waals surface area contributed by atoms with E-state index >= 15 is 0 Å². The molecule has 194 valence electrons. The Balaban J connectivity index is 1.76. The number of hydrogen-bond acceptors (Lipinski definition) is 6. The molecule has 3 rings (SSSR count). The molecule has 1 aliphatic heterocycles. The largest absolute Gasteiger partial charge is 0.491 e. The summed E-state index contributed by atoms with van der Waals surface area (Å²) in [5, 5.41) is 5.71. The zero-order valence-electron chi connectivity index (χ0n) is 19.5. The Labute approximate surface area is 213 Å². The molecule has 36 heavy (non-hydrogen) atoms. The molecule has 3 amide bonds. The second kappa shape index (κ2) is 12.0. The van der Waals surface area contributed by atoms with Crippen molar-refractivity contribution in [2.45, 2.75) is 6.42 Å². The Bertz CT molecular complexity index is 1240. The number of amides is 3. The van der Waals surface area contributed by atoms with Crippen LogP contribution in [0.2, 0.25) is 5.02 Å². The number of anilines is 1. The van der Waals surface area contributed by atoms with Crippen molar-refractivity contribution in [2.24, 2.45) is 0 Å². The van der Waals surface area contributed by atoms with E-state index in [0.717, 1.165) is 22.7 Å². The van der Waals surface area contributed by atoms with Gasteiger partial charge in [-0.2, -0.15) is 0 Å². The summed E-state index contributed by atoms with van der Waals surface area (Å²) in [6.45, 7) is -0.578. The molecule has 0 radical (unpaired) electrons. The first-order valence-corrected chi connectivity index (χ1v) is 13.3. The van der Waals surface area contributed by atoms with Crippen LogP contribution in [-0.4, -0.2) is 76.6 Å². The standard InChI is InChI=1S/C23H26ClFN4O6S/c1-36(33,34)29(18-5-2-4-17(25)13-18)15-22(31)28-10-3-8-27-23(32)19-12-16(24)6-7-20(19)35-11-9-26-21(30)14-28/h2,4-7,12-13H,3,8-11,14-15H2,1H3,(H,26,30)(H,27,32). The minimum Gasteiger partial charge on any atom is -0.491 e. The van der Waals surface area contributed by atoms with E-state index in [9.17, 15) is 27.2 Å². The number of nitrogens with one attached hydrogen (secondary N) is 2. The van der Waals surface area contributed by atoms with Gasteiger partial charge in [-0.25, -0.2) is 12.8 Å². The maximum atomic E-state index is 13.7. The number of rotatable bonds is 4. The first kappa shape index (κ1) is 27.2. The van der Waals surface area contributed by atoms with Crippen molar-refractivity contribution in [2.75, 3.05) is 49.9 Å². The Hall–Kier alpha value is -3.38. The van der Waals surface area contributed by atoms with Gasteiger partial charge in [-0.3, -0.25) is 18.7 Å². The zero-order chi connectivity index (χ0) is 26.3. The summed E-state index contributed by atoms with van der Waals surface area (Å²) in [5.74, 6) is -1.89. The summed E-state index contributed by atoms with van der Waals surface area (Å²) < 4.78 is 44.8. The van der Waals surface area contributed by atoms with Crippen molar-refractivity contribution in [3.8, 4) is 5.75 Å². The average molecular weight is 541 g/mol. The molecule has 0 unspecified atom stereocenters. The predicted octanol–water partition coefficient (Wildman–Crippen LogP) is 1.40. The molecule has 2 N–H and O–H groups in total. The fraction of sp³-hybridized carbons (Fsp3) is 0.348. The van der Waals surface area contributed by atoms with Gasteiger partial charge in [0.25, 0.3) is 5.91 Å². The number of halogens is 2. The second-order valence-electron chi connectivity index (χ2n) is 8.01. The van der Waals surface area contributed by atoms with Crippen molar-refractivity contribution in [3.63, 3.8) is 0 Å². The lowest BCUT2D eigenvalue weighted by molar-refractivity contribution is -0.134. The van der Waals surface area contributed by atoms with Crippen molar-refractivity contribution < 1.29 is 31.9 Å². The highest BCUT2D eigenvalue weighted by atomic mass is 35.5. The third-order valence-electron chi connectivity index (χ3n) is 5.22. The van der Waals surface area contributed by atoms with E-state index < -0.39 is 40.1 Å². The molecular weight excluding hydrogens is 515 g/mol. The molecule has 0 aliphatic carbocycles. The van der Waals surface area contributed by atoms with Gasteiger partial charge in [0.1, 0.15) is 24.7 Å². The van der Waals surface area contributed by atoms with Gasteiger partial charge in [-0.05, 0) is 42.8 Å². The minimum absolute atomic E-state index is 0.0147. The van der Waals surface area contributed by atoms with Gasteiger partial charge in [0, 0.05) is 18.1 Å². The summed E-state index contributed by atoms with van der Waals surface area (Å²) in [7, 11) is -3.94. The maximum Gasteiger partial charge on any atom is 0.255 e. The van der Waals surface area contributed by atoms with Crippen LogP contribution >= 0.6 is 11.6 Å². The number of benzene rings is 2. The van der Waals surface area contributed by atoms with Crippen LogP contribution in [-0.2, 0) is 19.6 Å². The van der Waals surface area contributed by atoms with Crippen LogP contribution in [0.4, 0.5) is 10.1 Å².